The van der Waals surface area contributed by atoms with Gasteiger partial charge in [0.25, 0.3) is 0 Å². The van der Waals surface area contributed by atoms with Gasteiger partial charge >= 0.3 is 0 Å². The van der Waals surface area contributed by atoms with Crippen molar-refractivity contribution in [2.45, 2.75) is 12.3 Å². The topological polar surface area (TPSA) is 56.2 Å². The zero-order chi connectivity index (χ0) is 7.72. The molecule has 5 heteroatoms. The van der Waals surface area contributed by atoms with Crippen molar-refractivity contribution >= 4 is 24.5 Å². The van der Waals surface area contributed by atoms with Crippen LogP contribution in [0.4, 0.5) is 0 Å². The van der Waals surface area contributed by atoms with Gasteiger partial charge in [0.15, 0.2) is 5.96 Å². The SMILES string of the molecule is CC(S)N1CC(=O)NC1=N. The molecule has 1 amide bonds. The highest BCUT2D eigenvalue weighted by atomic mass is 32.1. The number of hydrogen-bond acceptors (Lipinski definition) is 3. The Morgan fingerprint density at radius 1 is 1.90 bits per heavy atom. The number of hydrogen-bond donors (Lipinski definition) is 3. The molecule has 0 aromatic carbocycles. The number of amides is 1. The van der Waals surface area contributed by atoms with E-state index < -0.39 is 0 Å². The second-order valence-corrected chi connectivity index (χ2v) is 2.90. The molecule has 1 unspecified atom stereocenters. The lowest BCUT2D eigenvalue weighted by Crippen LogP contribution is -2.33. The number of carbonyl (C=O) groups excluding carboxylic acids is 1. The second-order valence-electron chi connectivity index (χ2n) is 2.16. The van der Waals surface area contributed by atoms with E-state index in [9.17, 15) is 4.79 Å². The number of nitrogens with zero attached hydrogens (tertiary/aromatic N) is 1. The van der Waals surface area contributed by atoms with Gasteiger partial charge in [-0.25, -0.2) is 0 Å². The zero-order valence-electron chi connectivity index (χ0n) is 5.59. The minimum Gasteiger partial charge on any atom is -0.322 e. The number of rotatable bonds is 1. The average Bonchev–Trinajstić information content (AvgIpc) is 2.10. The van der Waals surface area contributed by atoms with Gasteiger partial charge in [-0.2, -0.15) is 12.6 Å². The van der Waals surface area contributed by atoms with Crippen molar-refractivity contribution in [2.75, 3.05) is 6.54 Å². The summed E-state index contributed by atoms with van der Waals surface area (Å²) in [5.74, 6) is 0.0124. The highest BCUT2D eigenvalue weighted by molar-refractivity contribution is 7.80. The summed E-state index contributed by atoms with van der Waals surface area (Å²) in [6.45, 7) is 2.07. The van der Waals surface area contributed by atoms with Crippen molar-refractivity contribution in [3.63, 3.8) is 0 Å². The first-order valence-electron chi connectivity index (χ1n) is 2.94. The maximum atomic E-state index is 10.6. The lowest BCUT2D eigenvalue weighted by molar-refractivity contribution is -0.118. The van der Waals surface area contributed by atoms with E-state index in [0.717, 1.165) is 0 Å². The first-order valence-corrected chi connectivity index (χ1v) is 3.46. The number of thiol groups is 1. The van der Waals surface area contributed by atoms with Crippen molar-refractivity contribution in [2.24, 2.45) is 0 Å². The zero-order valence-corrected chi connectivity index (χ0v) is 6.48. The van der Waals surface area contributed by atoms with Crippen LogP contribution in [0.1, 0.15) is 6.92 Å². The molecule has 1 fully saturated rings. The first kappa shape index (κ1) is 7.40. The summed E-state index contributed by atoms with van der Waals surface area (Å²) in [5.41, 5.74) is 0. The average molecular weight is 159 g/mol. The molecule has 10 heavy (non-hydrogen) atoms. The summed E-state index contributed by atoms with van der Waals surface area (Å²) in [6.07, 6.45) is 0. The third-order valence-corrected chi connectivity index (χ3v) is 1.59. The molecule has 1 aliphatic rings. The Kier molecular flexibility index (Phi) is 1.85. The van der Waals surface area contributed by atoms with Gasteiger partial charge in [-0.15, -0.1) is 0 Å². The Morgan fingerprint density at radius 2 is 2.50 bits per heavy atom. The molecule has 2 N–H and O–H groups in total. The Bertz CT molecular complexity index is 180. The first-order chi connectivity index (χ1) is 4.61. The van der Waals surface area contributed by atoms with Crippen LogP contribution in [0, 0.1) is 5.41 Å². The van der Waals surface area contributed by atoms with E-state index in [1.807, 2.05) is 6.92 Å². The molecule has 1 rings (SSSR count). The number of nitrogens with one attached hydrogen (secondary N) is 2. The molecule has 56 valence electrons. The van der Waals surface area contributed by atoms with Crippen LogP contribution in [0.15, 0.2) is 0 Å². The summed E-state index contributed by atoms with van der Waals surface area (Å²) < 4.78 is 0. The minimum atomic E-state index is -0.133. The largest absolute Gasteiger partial charge is 0.322 e. The molecule has 4 nitrogen and oxygen atoms in total. The summed E-state index contributed by atoms with van der Waals surface area (Å²) >= 11 is 4.09. The summed E-state index contributed by atoms with van der Waals surface area (Å²) in [5, 5.41) is 9.50. The van der Waals surface area contributed by atoms with E-state index in [1.54, 1.807) is 4.90 Å². The van der Waals surface area contributed by atoms with Crippen LogP contribution in [-0.2, 0) is 4.79 Å². The van der Waals surface area contributed by atoms with Crippen LogP contribution >= 0.6 is 12.6 Å². The van der Waals surface area contributed by atoms with E-state index >= 15 is 0 Å². The molecule has 0 spiro atoms. The minimum absolute atomic E-state index is 0.0774. The lowest BCUT2D eigenvalue weighted by atomic mass is 10.5. The fraction of sp³-hybridized carbons (Fsp3) is 0.600. The Hall–Kier alpha value is -0.710. The Balaban J connectivity index is 2.63. The van der Waals surface area contributed by atoms with Gasteiger partial charge in [0, 0.05) is 0 Å². The maximum Gasteiger partial charge on any atom is 0.246 e. The molecule has 1 atom stereocenters. The molecule has 0 saturated carbocycles. The predicted octanol–water partition coefficient (Wildman–Crippen LogP) is -0.371. The van der Waals surface area contributed by atoms with Crippen LogP contribution in [0.5, 0.6) is 0 Å². The van der Waals surface area contributed by atoms with Gasteiger partial charge in [0.1, 0.15) is 6.54 Å². The van der Waals surface area contributed by atoms with Gasteiger partial charge in [0.2, 0.25) is 5.91 Å². The van der Waals surface area contributed by atoms with Crippen molar-refractivity contribution in [1.82, 2.24) is 10.2 Å². The predicted molar refractivity (Wildman–Crippen MR) is 41.0 cm³/mol. The molecular formula is C5H9N3OS. The normalized spacial score (nSPS) is 21.2. The van der Waals surface area contributed by atoms with Gasteiger partial charge in [-0.05, 0) is 6.92 Å². The highest BCUT2D eigenvalue weighted by Crippen LogP contribution is 2.05. The van der Waals surface area contributed by atoms with E-state index in [-0.39, 0.29) is 23.8 Å². The summed E-state index contributed by atoms with van der Waals surface area (Å²) in [4.78, 5) is 12.2. The van der Waals surface area contributed by atoms with Crippen LogP contribution in [0.3, 0.4) is 0 Å². The van der Waals surface area contributed by atoms with Gasteiger partial charge in [0.05, 0.1) is 5.37 Å². The molecule has 0 aromatic heterocycles. The van der Waals surface area contributed by atoms with Crippen molar-refractivity contribution in [1.29, 1.82) is 5.41 Å². The maximum absolute atomic E-state index is 10.6. The van der Waals surface area contributed by atoms with E-state index in [4.69, 9.17) is 5.41 Å². The van der Waals surface area contributed by atoms with Gasteiger partial charge < -0.3 is 4.90 Å². The number of carbonyl (C=O) groups is 1. The molecule has 1 saturated heterocycles. The second kappa shape index (κ2) is 2.49. The molecule has 1 aliphatic heterocycles. The molecular weight excluding hydrogens is 150 g/mol. The third-order valence-electron chi connectivity index (χ3n) is 1.31. The molecule has 0 bridgehead atoms. The quantitative estimate of drug-likeness (QED) is 0.457. The fourth-order valence-electron chi connectivity index (χ4n) is 0.796. The van der Waals surface area contributed by atoms with E-state index in [2.05, 4.69) is 17.9 Å². The van der Waals surface area contributed by atoms with Crippen LogP contribution < -0.4 is 5.32 Å². The standard InChI is InChI=1S/C5H9N3OS/c1-3(10)8-2-4(9)7-5(8)6/h3,10H,2H2,1H3,(H2,6,7,9). The Morgan fingerprint density at radius 3 is 2.70 bits per heavy atom. The molecule has 0 aliphatic carbocycles. The third kappa shape index (κ3) is 1.23. The number of guanidine groups is 1. The summed E-state index contributed by atoms with van der Waals surface area (Å²) in [6, 6.07) is 0. The van der Waals surface area contributed by atoms with Gasteiger partial charge in [-0.3, -0.25) is 15.5 Å². The fourth-order valence-corrected chi connectivity index (χ4v) is 0.993. The smallest absolute Gasteiger partial charge is 0.246 e. The molecule has 0 radical (unpaired) electrons. The highest BCUT2D eigenvalue weighted by Gasteiger charge is 2.25. The van der Waals surface area contributed by atoms with Crippen molar-refractivity contribution in [3.05, 3.63) is 0 Å². The molecule has 0 aromatic rings. The Labute approximate surface area is 64.5 Å². The van der Waals surface area contributed by atoms with E-state index in [1.165, 1.54) is 0 Å². The summed E-state index contributed by atoms with van der Waals surface area (Å²) in [7, 11) is 0. The van der Waals surface area contributed by atoms with Crippen LogP contribution in [0.25, 0.3) is 0 Å². The molecule has 1 heterocycles. The van der Waals surface area contributed by atoms with Crippen molar-refractivity contribution < 1.29 is 4.79 Å². The van der Waals surface area contributed by atoms with Gasteiger partial charge in [-0.1, -0.05) is 0 Å². The van der Waals surface area contributed by atoms with E-state index in [0.29, 0.717) is 0 Å². The van der Waals surface area contributed by atoms with Crippen LogP contribution in [-0.4, -0.2) is 28.7 Å². The van der Waals surface area contributed by atoms with Crippen LogP contribution in [0.2, 0.25) is 0 Å². The monoisotopic (exact) mass is 159 g/mol. The van der Waals surface area contributed by atoms with Crippen molar-refractivity contribution in [3.8, 4) is 0 Å². The lowest BCUT2D eigenvalue weighted by Gasteiger charge is -2.18.